The summed E-state index contributed by atoms with van der Waals surface area (Å²) < 4.78 is 0. The lowest BCUT2D eigenvalue weighted by Crippen LogP contribution is -2.59. The molecule has 1 aromatic carbocycles. The first-order valence-electron chi connectivity index (χ1n) is 11.9. The first-order chi connectivity index (χ1) is 15.0. The van der Waals surface area contributed by atoms with Gasteiger partial charge in [0, 0.05) is 32.0 Å². The Balaban J connectivity index is 1.38. The minimum absolute atomic E-state index is 0.269. The summed E-state index contributed by atoms with van der Waals surface area (Å²) in [6, 6.07) is 14.8. The number of aromatic nitrogens is 1. The number of nitrogens with zero attached hydrogens (tertiary/aromatic N) is 3. The van der Waals surface area contributed by atoms with E-state index >= 15 is 0 Å². The summed E-state index contributed by atoms with van der Waals surface area (Å²) in [7, 11) is 0. The summed E-state index contributed by atoms with van der Waals surface area (Å²) in [5.41, 5.74) is 3.03. The Hall–Kier alpha value is -1.95. The van der Waals surface area contributed by atoms with Crippen LogP contribution in [0.2, 0.25) is 0 Å². The van der Waals surface area contributed by atoms with Gasteiger partial charge in [-0.05, 0) is 61.9 Å². The van der Waals surface area contributed by atoms with Crippen molar-refractivity contribution in [3.05, 3.63) is 59.3 Å². The van der Waals surface area contributed by atoms with Gasteiger partial charge in [-0.25, -0.2) is 4.98 Å². The van der Waals surface area contributed by atoms with Crippen molar-refractivity contribution in [1.82, 2.24) is 9.88 Å². The van der Waals surface area contributed by atoms with Crippen molar-refractivity contribution in [2.75, 3.05) is 37.6 Å². The normalized spacial score (nSPS) is 32.5. The van der Waals surface area contributed by atoms with E-state index in [9.17, 15) is 10.2 Å². The molecule has 4 aliphatic heterocycles. The lowest BCUT2D eigenvalue weighted by Gasteiger charge is -2.50. The predicted octanol–water partition coefficient (Wildman–Crippen LogP) is 2.88. The average molecular weight is 422 g/mol. The molecule has 5 heterocycles. The third-order valence-electron chi connectivity index (χ3n) is 7.84. The Kier molecular flexibility index (Phi) is 5.76. The van der Waals surface area contributed by atoms with Crippen LogP contribution in [0, 0.1) is 11.8 Å². The Morgan fingerprint density at radius 2 is 1.84 bits per heavy atom. The van der Waals surface area contributed by atoms with Gasteiger partial charge in [0.05, 0.1) is 17.4 Å². The SMILES string of the molecule is C[C@@H]1CN(c2ccc(CC[C@@]3(O)CN4CCC3CC4)c(Cc3ccccc3)n2)C[C@H]1O. The molecule has 2 N–H and O–H groups in total. The van der Waals surface area contributed by atoms with Crippen molar-refractivity contribution in [3.63, 3.8) is 0 Å². The van der Waals surface area contributed by atoms with Gasteiger partial charge in [-0.15, -0.1) is 0 Å². The summed E-state index contributed by atoms with van der Waals surface area (Å²) >= 11 is 0. The van der Waals surface area contributed by atoms with Gasteiger partial charge in [0.1, 0.15) is 5.82 Å². The van der Waals surface area contributed by atoms with Gasteiger partial charge in [0.2, 0.25) is 0 Å². The van der Waals surface area contributed by atoms with Crippen LogP contribution in [-0.2, 0) is 12.8 Å². The molecule has 4 fully saturated rings. The number of β-amino-alcohol motifs (C(OH)–C–C–N with tert-alkyl or cyclic N) is 1. The molecule has 166 valence electrons. The Morgan fingerprint density at radius 1 is 1.06 bits per heavy atom. The van der Waals surface area contributed by atoms with Crippen LogP contribution in [-0.4, -0.2) is 64.5 Å². The molecule has 0 aliphatic carbocycles. The number of benzene rings is 1. The van der Waals surface area contributed by atoms with Crippen molar-refractivity contribution in [2.45, 2.75) is 50.7 Å². The number of anilines is 1. The molecule has 4 aliphatic rings. The van der Waals surface area contributed by atoms with E-state index in [-0.39, 0.29) is 12.0 Å². The number of rotatable bonds is 6. The number of hydrogen-bond acceptors (Lipinski definition) is 5. The minimum Gasteiger partial charge on any atom is -0.391 e. The van der Waals surface area contributed by atoms with Crippen molar-refractivity contribution in [1.29, 1.82) is 0 Å². The number of hydrogen-bond donors (Lipinski definition) is 2. The Morgan fingerprint density at radius 3 is 2.48 bits per heavy atom. The first kappa shape index (κ1) is 20.9. The zero-order valence-corrected chi connectivity index (χ0v) is 18.6. The average Bonchev–Trinajstić information content (AvgIpc) is 3.12. The maximum absolute atomic E-state index is 11.4. The number of aliphatic hydroxyl groups excluding tert-OH is 1. The van der Waals surface area contributed by atoms with Crippen LogP contribution in [0.3, 0.4) is 0 Å². The zero-order chi connectivity index (χ0) is 21.4. The highest BCUT2D eigenvalue weighted by Gasteiger charge is 2.44. The molecule has 3 atom stereocenters. The van der Waals surface area contributed by atoms with Crippen LogP contribution in [0.25, 0.3) is 0 Å². The fourth-order valence-corrected chi connectivity index (χ4v) is 5.78. The monoisotopic (exact) mass is 421 g/mol. The lowest BCUT2D eigenvalue weighted by molar-refractivity contribution is -0.115. The molecule has 2 bridgehead atoms. The molecule has 2 aromatic rings. The standard InChI is InChI=1S/C26H35N3O2/c1-19-16-29(17-24(19)30)25-8-7-21(23(27-25)15-20-5-3-2-4-6-20)9-12-26(31)18-28-13-10-22(26)11-14-28/h2-8,19,22,24,30-31H,9-18H2,1H3/t19-,24-,26-/m1/s1. The van der Waals surface area contributed by atoms with Crippen molar-refractivity contribution < 1.29 is 10.2 Å². The van der Waals surface area contributed by atoms with Gasteiger partial charge in [0.25, 0.3) is 0 Å². The van der Waals surface area contributed by atoms with E-state index in [1.807, 2.05) is 6.07 Å². The van der Waals surface area contributed by atoms with E-state index in [1.165, 1.54) is 11.1 Å². The highest BCUT2D eigenvalue weighted by molar-refractivity contribution is 5.44. The second kappa shape index (κ2) is 8.53. The quantitative estimate of drug-likeness (QED) is 0.751. The smallest absolute Gasteiger partial charge is 0.128 e. The maximum Gasteiger partial charge on any atom is 0.128 e. The third kappa shape index (κ3) is 4.36. The van der Waals surface area contributed by atoms with Crippen molar-refractivity contribution >= 4 is 5.82 Å². The molecule has 0 unspecified atom stereocenters. The fourth-order valence-electron chi connectivity index (χ4n) is 5.78. The molecule has 0 spiro atoms. The van der Waals surface area contributed by atoms with Gasteiger partial charge < -0.3 is 20.0 Å². The van der Waals surface area contributed by atoms with Gasteiger partial charge in [-0.1, -0.05) is 43.3 Å². The first-order valence-corrected chi connectivity index (χ1v) is 11.9. The highest BCUT2D eigenvalue weighted by atomic mass is 16.3. The molecule has 31 heavy (non-hydrogen) atoms. The number of piperidine rings is 3. The van der Waals surface area contributed by atoms with Crippen LogP contribution in [0.4, 0.5) is 5.82 Å². The Bertz CT molecular complexity index is 887. The molecule has 0 amide bonds. The maximum atomic E-state index is 11.4. The molecule has 5 nitrogen and oxygen atoms in total. The topological polar surface area (TPSA) is 59.8 Å². The van der Waals surface area contributed by atoms with Gasteiger partial charge >= 0.3 is 0 Å². The van der Waals surface area contributed by atoms with E-state index in [2.05, 4.69) is 53.1 Å². The van der Waals surface area contributed by atoms with Crippen LogP contribution >= 0.6 is 0 Å². The van der Waals surface area contributed by atoms with E-state index in [4.69, 9.17) is 4.98 Å². The lowest BCUT2D eigenvalue weighted by atomic mass is 9.72. The zero-order valence-electron chi connectivity index (χ0n) is 18.6. The molecule has 4 saturated heterocycles. The van der Waals surface area contributed by atoms with Crippen molar-refractivity contribution in [2.24, 2.45) is 11.8 Å². The van der Waals surface area contributed by atoms with Crippen LogP contribution < -0.4 is 4.90 Å². The molecule has 1 aromatic heterocycles. The summed E-state index contributed by atoms with van der Waals surface area (Å²) in [6.07, 6.45) is 4.42. The Labute approximate surface area is 185 Å². The highest BCUT2D eigenvalue weighted by Crippen LogP contribution is 2.38. The predicted molar refractivity (Wildman–Crippen MR) is 123 cm³/mol. The number of aryl methyl sites for hydroxylation is 1. The molecule has 5 heteroatoms. The van der Waals surface area contributed by atoms with Crippen LogP contribution in [0.1, 0.15) is 43.0 Å². The number of aliphatic hydroxyl groups is 2. The summed E-state index contributed by atoms with van der Waals surface area (Å²) in [4.78, 5) is 9.70. The molecule has 0 radical (unpaired) electrons. The van der Waals surface area contributed by atoms with Crippen LogP contribution in [0.15, 0.2) is 42.5 Å². The van der Waals surface area contributed by atoms with Crippen LogP contribution in [0.5, 0.6) is 0 Å². The van der Waals surface area contributed by atoms with E-state index in [0.29, 0.717) is 12.5 Å². The van der Waals surface area contributed by atoms with Gasteiger partial charge in [-0.2, -0.15) is 0 Å². The van der Waals surface area contributed by atoms with E-state index < -0.39 is 5.60 Å². The van der Waals surface area contributed by atoms with Gasteiger partial charge in [-0.3, -0.25) is 0 Å². The number of pyridine rings is 1. The summed E-state index contributed by atoms with van der Waals surface area (Å²) in [5, 5.41) is 21.6. The van der Waals surface area contributed by atoms with Gasteiger partial charge in [0.15, 0.2) is 0 Å². The number of fused-ring (bicyclic) bond motifs is 3. The molecule has 0 saturated carbocycles. The second-order valence-corrected chi connectivity index (χ2v) is 10.0. The second-order valence-electron chi connectivity index (χ2n) is 10.0. The summed E-state index contributed by atoms with van der Waals surface area (Å²) in [6.45, 7) is 6.69. The molecular formula is C26H35N3O2. The van der Waals surface area contributed by atoms with Crippen molar-refractivity contribution in [3.8, 4) is 0 Å². The minimum atomic E-state index is -0.562. The molecule has 6 rings (SSSR count). The summed E-state index contributed by atoms with van der Waals surface area (Å²) in [5.74, 6) is 1.67. The largest absolute Gasteiger partial charge is 0.391 e. The third-order valence-corrected chi connectivity index (χ3v) is 7.84. The van der Waals surface area contributed by atoms with E-state index in [1.54, 1.807) is 0 Å². The molecular weight excluding hydrogens is 386 g/mol. The van der Waals surface area contributed by atoms with E-state index in [0.717, 1.165) is 69.8 Å². The fraction of sp³-hybridized carbons (Fsp3) is 0.577.